The van der Waals surface area contributed by atoms with Crippen LogP contribution in [0.25, 0.3) is 10.2 Å². The molecule has 0 fully saturated rings. The van der Waals surface area contributed by atoms with Gasteiger partial charge in [0.2, 0.25) is 0 Å². The number of aryl methyl sites for hydroxylation is 1. The highest BCUT2D eigenvalue weighted by atomic mass is 32.1. The lowest BCUT2D eigenvalue weighted by Crippen LogP contribution is -2.24. The number of ether oxygens (including phenoxy) is 1. The van der Waals surface area contributed by atoms with E-state index in [4.69, 9.17) is 4.74 Å². The summed E-state index contributed by atoms with van der Waals surface area (Å²) in [7, 11) is 0. The summed E-state index contributed by atoms with van der Waals surface area (Å²) in [4.78, 5) is 17.4. The Balaban J connectivity index is 2.53. The van der Waals surface area contributed by atoms with Gasteiger partial charge in [0.25, 0.3) is 5.91 Å². The number of thiazole rings is 1. The Bertz CT molecular complexity index is 735. The minimum absolute atomic E-state index is 0.0964. The van der Waals surface area contributed by atoms with E-state index in [2.05, 4.69) is 34.7 Å². The number of fused-ring (bicyclic) bond motifs is 1. The molecule has 0 radical (unpaired) electrons. The van der Waals surface area contributed by atoms with E-state index in [1.54, 1.807) is 11.3 Å². The van der Waals surface area contributed by atoms with E-state index < -0.39 is 5.41 Å². The van der Waals surface area contributed by atoms with Crippen molar-refractivity contribution in [3.63, 3.8) is 0 Å². The topological polar surface area (TPSA) is 43.6 Å². The third-order valence-electron chi connectivity index (χ3n) is 3.34. The molecule has 22 heavy (non-hydrogen) atoms. The van der Waals surface area contributed by atoms with Gasteiger partial charge in [-0.15, -0.1) is 0 Å². The monoisotopic (exact) mass is 320 g/mol. The molecule has 4 nitrogen and oxygen atoms in total. The molecule has 120 valence electrons. The summed E-state index contributed by atoms with van der Waals surface area (Å²) in [6.45, 7) is 11.7. The number of nitrogens with zero attached hydrogens (tertiary/aromatic N) is 2. The van der Waals surface area contributed by atoms with Crippen LogP contribution in [0, 0.1) is 12.3 Å². The average Bonchev–Trinajstić information content (AvgIpc) is 2.75. The molecule has 0 aliphatic heterocycles. The van der Waals surface area contributed by atoms with Crippen LogP contribution in [-0.4, -0.2) is 23.7 Å². The van der Waals surface area contributed by atoms with Crippen LogP contribution in [0.2, 0.25) is 0 Å². The molecule has 0 bridgehead atoms. The van der Waals surface area contributed by atoms with Gasteiger partial charge in [0.15, 0.2) is 4.80 Å². The highest BCUT2D eigenvalue weighted by molar-refractivity contribution is 7.16. The summed E-state index contributed by atoms with van der Waals surface area (Å²) in [5, 5.41) is 0. The zero-order valence-electron chi connectivity index (χ0n) is 14.0. The van der Waals surface area contributed by atoms with Gasteiger partial charge in [-0.2, -0.15) is 4.99 Å². The van der Waals surface area contributed by atoms with Gasteiger partial charge in [0, 0.05) is 18.6 Å². The first-order chi connectivity index (χ1) is 10.3. The Hall–Kier alpha value is -1.46. The lowest BCUT2D eigenvalue weighted by Gasteiger charge is -2.12. The zero-order chi connectivity index (χ0) is 16.3. The van der Waals surface area contributed by atoms with Gasteiger partial charge in [-0.3, -0.25) is 4.79 Å². The first kappa shape index (κ1) is 16.9. The Labute approximate surface area is 135 Å². The molecule has 0 N–H and O–H groups in total. The van der Waals surface area contributed by atoms with Crippen LogP contribution in [0.3, 0.4) is 0 Å². The molecule has 1 aromatic carbocycles. The van der Waals surface area contributed by atoms with Crippen molar-refractivity contribution in [1.82, 2.24) is 4.57 Å². The molecule has 1 heterocycles. The minimum atomic E-state index is -0.468. The number of carbonyl (C=O) groups is 1. The van der Waals surface area contributed by atoms with Crippen LogP contribution in [-0.2, 0) is 16.1 Å². The standard InChI is InChI=1S/C17H24N2O2S/c1-6-21-10-9-19-13-8-7-12(2)11-14(13)22-16(19)18-15(20)17(3,4)5/h7-8,11H,6,9-10H2,1-5H3. The summed E-state index contributed by atoms with van der Waals surface area (Å²) >= 11 is 1.56. The summed E-state index contributed by atoms with van der Waals surface area (Å²) in [5.74, 6) is -0.0964. The predicted molar refractivity (Wildman–Crippen MR) is 91.1 cm³/mol. The van der Waals surface area contributed by atoms with Crippen molar-refractivity contribution in [2.75, 3.05) is 13.2 Å². The third kappa shape index (κ3) is 3.84. The number of benzene rings is 1. The van der Waals surface area contributed by atoms with E-state index in [0.717, 1.165) is 15.0 Å². The number of amides is 1. The summed E-state index contributed by atoms with van der Waals surface area (Å²) in [5.41, 5.74) is 1.85. The Kier molecular flexibility index (Phi) is 5.19. The second kappa shape index (κ2) is 6.75. The van der Waals surface area contributed by atoms with Gasteiger partial charge in [0.05, 0.1) is 16.8 Å². The maximum atomic E-state index is 12.3. The third-order valence-corrected chi connectivity index (χ3v) is 4.38. The normalized spacial score (nSPS) is 13.0. The van der Waals surface area contributed by atoms with Crippen LogP contribution in [0.15, 0.2) is 23.2 Å². The van der Waals surface area contributed by atoms with Crippen molar-refractivity contribution in [1.29, 1.82) is 0 Å². The van der Waals surface area contributed by atoms with Crippen molar-refractivity contribution in [3.8, 4) is 0 Å². The van der Waals surface area contributed by atoms with E-state index in [0.29, 0.717) is 19.8 Å². The molecular weight excluding hydrogens is 296 g/mol. The van der Waals surface area contributed by atoms with E-state index in [1.165, 1.54) is 5.56 Å². The van der Waals surface area contributed by atoms with E-state index in [1.807, 2.05) is 27.7 Å². The molecule has 1 aromatic heterocycles. The maximum absolute atomic E-state index is 12.3. The highest BCUT2D eigenvalue weighted by Gasteiger charge is 2.21. The van der Waals surface area contributed by atoms with Crippen LogP contribution < -0.4 is 4.80 Å². The second-order valence-electron chi connectivity index (χ2n) is 6.37. The Morgan fingerprint density at radius 1 is 1.36 bits per heavy atom. The molecule has 0 aliphatic rings. The molecule has 1 amide bonds. The fourth-order valence-electron chi connectivity index (χ4n) is 2.04. The lowest BCUT2D eigenvalue weighted by atomic mass is 9.96. The second-order valence-corrected chi connectivity index (χ2v) is 7.38. The van der Waals surface area contributed by atoms with Crippen molar-refractivity contribution in [2.45, 2.75) is 41.2 Å². The largest absolute Gasteiger partial charge is 0.380 e. The smallest absolute Gasteiger partial charge is 0.253 e. The van der Waals surface area contributed by atoms with Crippen LogP contribution in [0.5, 0.6) is 0 Å². The predicted octanol–water partition coefficient (Wildman–Crippen LogP) is 3.52. The summed E-state index contributed by atoms with van der Waals surface area (Å²) in [6, 6.07) is 6.31. The first-order valence-electron chi connectivity index (χ1n) is 7.60. The lowest BCUT2D eigenvalue weighted by molar-refractivity contribution is -0.125. The minimum Gasteiger partial charge on any atom is -0.380 e. The van der Waals surface area contributed by atoms with Gasteiger partial charge >= 0.3 is 0 Å². The van der Waals surface area contributed by atoms with Gasteiger partial charge in [-0.05, 0) is 31.5 Å². The van der Waals surface area contributed by atoms with Crippen molar-refractivity contribution in [2.24, 2.45) is 10.4 Å². The van der Waals surface area contributed by atoms with Gasteiger partial charge < -0.3 is 9.30 Å². The molecule has 0 spiro atoms. The molecule has 0 saturated carbocycles. The van der Waals surface area contributed by atoms with Crippen molar-refractivity contribution < 1.29 is 9.53 Å². The van der Waals surface area contributed by atoms with E-state index in [-0.39, 0.29) is 5.91 Å². The number of carbonyl (C=O) groups excluding carboxylic acids is 1. The van der Waals surface area contributed by atoms with Gasteiger partial charge in [-0.25, -0.2) is 0 Å². The molecule has 2 rings (SSSR count). The van der Waals surface area contributed by atoms with Crippen molar-refractivity contribution in [3.05, 3.63) is 28.6 Å². The molecule has 0 aliphatic carbocycles. The number of hydrogen-bond acceptors (Lipinski definition) is 3. The number of hydrogen-bond donors (Lipinski definition) is 0. The molecule has 0 atom stereocenters. The first-order valence-corrected chi connectivity index (χ1v) is 8.41. The fourth-order valence-corrected chi connectivity index (χ4v) is 3.19. The fraction of sp³-hybridized carbons (Fsp3) is 0.529. The van der Waals surface area contributed by atoms with Gasteiger partial charge in [-0.1, -0.05) is 38.2 Å². The zero-order valence-corrected chi connectivity index (χ0v) is 14.8. The number of aromatic nitrogens is 1. The van der Waals surface area contributed by atoms with Gasteiger partial charge in [0.1, 0.15) is 0 Å². The number of rotatable bonds is 4. The molecule has 5 heteroatoms. The maximum Gasteiger partial charge on any atom is 0.253 e. The Morgan fingerprint density at radius 3 is 2.73 bits per heavy atom. The summed E-state index contributed by atoms with van der Waals surface area (Å²) in [6.07, 6.45) is 0. The molecule has 0 unspecified atom stereocenters. The average molecular weight is 320 g/mol. The van der Waals surface area contributed by atoms with Crippen LogP contribution in [0.1, 0.15) is 33.3 Å². The quantitative estimate of drug-likeness (QED) is 0.809. The SMILES string of the molecule is CCOCCn1c(=NC(=O)C(C)(C)C)sc2cc(C)ccc21. The highest BCUT2D eigenvalue weighted by Crippen LogP contribution is 2.20. The molecule has 2 aromatic rings. The Morgan fingerprint density at radius 2 is 2.09 bits per heavy atom. The molecular formula is C17H24N2O2S. The van der Waals surface area contributed by atoms with E-state index in [9.17, 15) is 4.79 Å². The molecule has 0 saturated heterocycles. The van der Waals surface area contributed by atoms with Crippen LogP contribution >= 0.6 is 11.3 Å². The summed E-state index contributed by atoms with van der Waals surface area (Å²) < 4.78 is 8.70. The van der Waals surface area contributed by atoms with E-state index >= 15 is 0 Å². The van der Waals surface area contributed by atoms with Crippen LogP contribution in [0.4, 0.5) is 0 Å². The van der Waals surface area contributed by atoms with Crippen molar-refractivity contribution >= 4 is 27.5 Å².